The largest absolute Gasteiger partial charge is 0.481 e. The SMILES string of the molecule is CC(C)(C)OC(=O)COc1cc(OSC(F)(F)OF)cc2c1CCCC2=O. The molecule has 1 aliphatic rings. The van der Waals surface area contributed by atoms with Gasteiger partial charge in [0.2, 0.25) is 0 Å². The first kappa shape index (κ1) is 21.4. The molecule has 0 amide bonds. The zero-order valence-electron chi connectivity index (χ0n) is 15.0. The van der Waals surface area contributed by atoms with Crippen LogP contribution in [0.15, 0.2) is 12.1 Å². The lowest BCUT2D eigenvalue weighted by molar-refractivity contribution is -0.302. The van der Waals surface area contributed by atoms with Gasteiger partial charge in [0, 0.05) is 23.6 Å². The highest BCUT2D eigenvalue weighted by Gasteiger charge is 2.36. The van der Waals surface area contributed by atoms with Crippen LogP contribution >= 0.6 is 12.0 Å². The number of Topliss-reactive ketones (excluding diaryl/α,β-unsaturated/α-hetero) is 1. The van der Waals surface area contributed by atoms with Crippen molar-refractivity contribution in [1.29, 1.82) is 0 Å². The van der Waals surface area contributed by atoms with Gasteiger partial charge >= 0.3 is 11.4 Å². The Kier molecular flexibility index (Phi) is 6.63. The van der Waals surface area contributed by atoms with Crippen LogP contribution in [0.25, 0.3) is 0 Å². The number of hydrogen-bond donors (Lipinski definition) is 0. The minimum Gasteiger partial charge on any atom is -0.481 e. The average molecular weight is 408 g/mol. The lowest BCUT2D eigenvalue weighted by Gasteiger charge is -2.22. The van der Waals surface area contributed by atoms with E-state index < -0.39 is 35.7 Å². The Morgan fingerprint density at radius 1 is 1.22 bits per heavy atom. The van der Waals surface area contributed by atoms with Crippen molar-refractivity contribution in [3.63, 3.8) is 0 Å². The quantitative estimate of drug-likeness (QED) is 0.376. The Balaban J connectivity index is 2.21. The second kappa shape index (κ2) is 8.39. The van der Waals surface area contributed by atoms with Crippen LogP contribution in [0.1, 0.15) is 49.5 Å². The molecule has 1 aromatic carbocycles. The van der Waals surface area contributed by atoms with Crippen LogP contribution < -0.4 is 8.92 Å². The molecule has 0 aliphatic heterocycles. The van der Waals surface area contributed by atoms with Gasteiger partial charge in [-0.05, 0) is 44.2 Å². The van der Waals surface area contributed by atoms with E-state index in [4.69, 9.17) is 13.7 Å². The monoisotopic (exact) mass is 408 g/mol. The summed E-state index contributed by atoms with van der Waals surface area (Å²) in [5.41, 5.74) is -4.10. The third-order valence-electron chi connectivity index (χ3n) is 3.40. The molecule has 0 saturated heterocycles. The normalized spacial score (nSPS) is 14.5. The summed E-state index contributed by atoms with van der Waals surface area (Å²) < 4.78 is 52.8. The molecule has 10 heteroatoms. The summed E-state index contributed by atoms with van der Waals surface area (Å²) in [5.74, 6) is -0.852. The smallest absolute Gasteiger partial charge is 0.474 e. The van der Waals surface area contributed by atoms with Crippen molar-refractivity contribution in [2.75, 3.05) is 6.61 Å². The van der Waals surface area contributed by atoms with Gasteiger partial charge in [0.25, 0.3) is 0 Å². The molecule has 0 spiro atoms. The topological polar surface area (TPSA) is 71.1 Å². The van der Waals surface area contributed by atoms with Gasteiger partial charge in [-0.3, -0.25) is 4.79 Å². The van der Waals surface area contributed by atoms with Gasteiger partial charge in [0.05, 0.1) is 0 Å². The van der Waals surface area contributed by atoms with E-state index in [0.29, 0.717) is 24.8 Å². The first-order valence-electron chi connectivity index (χ1n) is 8.09. The van der Waals surface area contributed by atoms with E-state index in [9.17, 15) is 22.9 Å². The second-order valence-corrected chi connectivity index (χ2v) is 7.62. The highest BCUT2D eigenvalue weighted by molar-refractivity contribution is 7.95. The van der Waals surface area contributed by atoms with Crippen molar-refractivity contribution < 1.29 is 41.5 Å². The molecule has 6 nitrogen and oxygen atoms in total. The van der Waals surface area contributed by atoms with Crippen LogP contribution in [0.5, 0.6) is 11.5 Å². The number of fused-ring (bicyclic) bond motifs is 1. The fraction of sp³-hybridized carbons (Fsp3) is 0.529. The van der Waals surface area contributed by atoms with E-state index in [-0.39, 0.29) is 22.8 Å². The molecule has 0 aromatic heterocycles. The van der Waals surface area contributed by atoms with Crippen LogP contribution in [-0.4, -0.2) is 29.4 Å². The van der Waals surface area contributed by atoms with E-state index >= 15 is 0 Å². The Morgan fingerprint density at radius 3 is 2.56 bits per heavy atom. The molecular formula is C17H19F3O6S. The molecule has 2 rings (SSSR count). The molecule has 0 bridgehead atoms. The van der Waals surface area contributed by atoms with Crippen molar-refractivity contribution in [2.45, 2.75) is 51.1 Å². The number of alkyl halides is 2. The summed E-state index contributed by atoms with van der Waals surface area (Å²) in [4.78, 5) is 26.5. The lowest BCUT2D eigenvalue weighted by atomic mass is 9.90. The van der Waals surface area contributed by atoms with Gasteiger partial charge in [-0.25, -0.2) is 4.79 Å². The van der Waals surface area contributed by atoms with Gasteiger partial charge in [-0.1, -0.05) is 0 Å². The molecule has 0 fully saturated rings. The van der Waals surface area contributed by atoms with Crippen LogP contribution in [0.2, 0.25) is 0 Å². The van der Waals surface area contributed by atoms with Crippen LogP contribution in [-0.2, 0) is 20.9 Å². The Morgan fingerprint density at radius 2 is 1.93 bits per heavy atom. The maximum Gasteiger partial charge on any atom is 0.474 e. The number of esters is 1. The first-order valence-corrected chi connectivity index (χ1v) is 8.83. The van der Waals surface area contributed by atoms with E-state index in [0.717, 1.165) is 0 Å². The summed E-state index contributed by atoms with van der Waals surface area (Å²) in [6.07, 6.45) is 1.40. The number of halogens is 3. The standard InChI is InChI=1S/C17H19F3O6S/c1-16(2,3)24-15(22)9-23-14-8-10(25-27-17(18,19)26-20)7-12-11(14)5-4-6-13(12)21/h7-8H,4-6,9H2,1-3H3. The summed E-state index contributed by atoms with van der Waals surface area (Å²) >= 11 is -0.564. The van der Waals surface area contributed by atoms with Crippen molar-refractivity contribution in [3.05, 3.63) is 23.3 Å². The molecular weight excluding hydrogens is 389 g/mol. The summed E-state index contributed by atoms with van der Waals surface area (Å²) in [5, 5.41) is 0. The van der Waals surface area contributed by atoms with E-state index in [1.54, 1.807) is 20.8 Å². The highest BCUT2D eigenvalue weighted by Crippen LogP contribution is 2.38. The molecule has 0 saturated carbocycles. The van der Waals surface area contributed by atoms with Crippen molar-refractivity contribution in [1.82, 2.24) is 0 Å². The van der Waals surface area contributed by atoms with E-state index in [2.05, 4.69) is 4.94 Å². The minimum absolute atomic E-state index is 0.145. The molecule has 0 atom stereocenters. The van der Waals surface area contributed by atoms with Gasteiger partial charge in [0.15, 0.2) is 24.4 Å². The predicted molar refractivity (Wildman–Crippen MR) is 90.4 cm³/mol. The van der Waals surface area contributed by atoms with Crippen LogP contribution in [0, 0.1) is 0 Å². The van der Waals surface area contributed by atoms with Crippen molar-refractivity contribution >= 4 is 23.8 Å². The average Bonchev–Trinajstić information content (AvgIpc) is 2.57. The molecule has 0 heterocycles. The van der Waals surface area contributed by atoms with Crippen molar-refractivity contribution in [2.24, 2.45) is 0 Å². The number of carbonyl (C=O) groups excluding carboxylic acids is 2. The number of ketones is 1. The van der Waals surface area contributed by atoms with Crippen LogP contribution in [0.3, 0.4) is 0 Å². The number of ether oxygens (including phenoxy) is 2. The van der Waals surface area contributed by atoms with Gasteiger partial charge in [0.1, 0.15) is 17.1 Å². The number of carbonyl (C=O) groups is 2. The predicted octanol–water partition coefficient (Wildman–Crippen LogP) is 4.40. The fourth-order valence-electron chi connectivity index (χ4n) is 2.48. The summed E-state index contributed by atoms with van der Waals surface area (Å²) in [7, 11) is 0. The Hall–Kier alpha value is -1.94. The summed E-state index contributed by atoms with van der Waals surface area (Å²) in [6, 6.07) is 2.53. The molecule has 27 heavy (non-hydrogen) atoms. The zero-order valence-corrected chi connectivity index (χ0v) is 15.8. The Bertz CT molecular complexity index is 717. The van der Waals surface area contributed by atoms with E-state index in [1.165, 1.54) is 12.1 Å². The van der Waals surface area contributed by atoms with Gasteiger partial charge in [-0.2, -0.15) is 8.78 Å². The number of hydrogen-bond acceptors (Lipinski definition) is 7. The maximum atomic E-state index is 12.8. The Labute approximate surface area is 158 Å². The molecule has 0 N–H and O–H groups in total. The first-order chi connectivity index (χ1) is 12.5. The lowest BCUT2D eigenvalue weighted by Crippen LogP contribution is -2.27. The molecule has 0 radical (unpaired) electrons. The molecule has 1 aromatic rings. The minimum atomic E-state index is -4.21. The van der Waals surface area contributed by atoms with Gasteiger partial charge in [-0.15, -0.1) is 4.94 Å². The van der Waals surface area contributed by atoms with Crippen LogP contribution in [0.4, 0.5) is 13.3 Å². The summed E-state index contributed by atoms with van der Waals surface area (Å²) in [6.45, 7) is 4.66. The fourth-order valence-corrected chi connectivity index (χ4v) is 2.80. The zero-order chi connectivity index (χ0) is 20.2. The van der Waals surface area contributed by atoms with E-state index in [1.807, 2.05) is 0 Å². The highest BCUT2D eigenvalue weighted by atomic mass is 32.2. The third kappa shape index (κ3) is 6.31. The third-order valence-corrected chi connectivity index (χ3v) is 3.94. The van der Waals surface area contributed by atoms with Gasteiger partial charge < -0.3 is 13.7 Å². The van der Waals surface area contributed by atoms with Crippen molar-refractivity contribution in [3.8, 4) is 11.5 Å². The second-order valence-electron chi connectivity index (χ2n) is 6.81. The number of rotatable bonds is 7. The molecule has 1 aliphatic carbocycles. The molecule has 0 unspecified atom stereocenters. The number of benzene rings is 1. The molecule has 150 valence electrons. The maximum absolute atomic E-state index is 12.8.